The fourth-order valence-electron chi connectivity index (χ4n) is 2.12. The van der Waals surface area contributed by atoms with Crippen molar-refractivity contribution >= 4 is 23.0 Å². The summed E-state index contributed by atoms with van der Waals surface area (Å²) in [6.07, 6.45) is 0. The molecule has 0 saturated heterocycles. The van der Waals surface area contributed by atoms with Gasteiger partial charge in [0.15, 0.2) is 0 Å². The molecule has 0 saturated carbocycles. The van der Waals surface area contributed by atoms with Crippen molar-refractivity contribution in [1.29, 1.82) is 0 Å². The second-order valence-electron chi connectivity index (χ2n) is 5.24. The van der Waals surface area contributed by atoms with Crippen molar-refractivity contribution in [1.82, 2.24) is 0 Å². The van der Waals surface area contributed by atoms with Crippen LogP contribution in [0.5, 0.6) is 0 Å². The molecule has 0 heterocycles. The molecule has 106 valence electrons. The lowest BCUT2D eigenvalue weighted by Gasteiger charge is -2.21. The number of nitrogens with zero attached hydrogens (tertiary/aromatic N) is 1. The van der Waals surface area contributed by atoms with Crippen LogP contribution in [0.4, 0.5) is 11.4 Å². The number of aliphatic hydroxyl groups is 1. The van der Waals surface area contributed by atoms with E-state index in [1.807, 2.05) is 25.2 Å². The zero-order valence-electron chi connectivity index (χ0n) is 12.1. The normalized spacial score (nSPS) is 10.9. The number of rotatable bonds is 4. The molecule has 3 heteroatoms. The van der Waals surface area contributed by atoms with Gasteiger partial charge in [-0.3, -0.25) is 0 Å². The molecule has 0 spiro atoms. The Bertz CT molecular complexity index is 578. The second kappa shape index (κ2) is 6.29. The Morgan fingerprint density at radius 3 is 2.20 bits per heavy atom. The van der Waals surface area contributed by atoms with Crippen molar-refractivity contribution in [3.05, 3.63) is 58.6 Å². The first-order valence-corrected chi connectivity index (χ1v) is 7.13. The first-order chi connectivity index (χ1) is 9.52. The highest BCUT2D eigenvalue weighted by Gasteiger charge is 2.08. The molecule has 0 atom stereocenters. The topological polar surface area (TPSA) is 23.5 Å². The first-order valence-electron chi connectivity index (χ1n) is 6.76. The molecular formula is C17H20ClNO. The standard InChI is InChI=1S/C17H20ClNO/c1-12(2)13-4-6-15(7-5-13)19(3)16-8-9-17(18)14(10-16)11-20/h4-10,12,20H,11H2,1-3H3. The molecule has 0 bridgehead atoms. The van der Waals surface area contributed by atoms with Gasteiger partial charge in [0.2, 0.25) is 0 Å². The third-order valence-electron chi connectivity index (χ3n) is 3.53. The van der Waals surface area contributed by atoms with Crippen LogP contribution in [-0.4, -0.2) is 12.2 Å². The van der Waals surface area contributed by atoms with E-state index in [2.05, 4.69) is 43.0 Å². The highest BCUT2D eigenvalue weighted by molar-refractivity contribution is 6.31. The van der Waals surface area contributed by atoms with Crippen LogP contribution in [0.2, 0.25) is 5.02 Å². The maximum Gasteiger partial charge on any atom is 0.0697 e. The zero-order chi connectivity index (χ0) is 14.7. The molecule has 0 aliphatic rings. The van der Waals surface area contributed by atoms with Crippen LogP contribution >= 0.6 is 11.6 Å². The summed E-state index contributed by atoms with van der Waals surface area (Å²) in [5, 5.41) is 9.89. The third-order valence-corrected chi connectivity index (χ3v) is 3.90. The van der Waals surface area contributed by atoms with Crippen molar-refractivity contribution in [2.75, 3.05) is 11.9 Å². The Kier molecular flexibility index (Phi) is 4.69. The quantitative estimate of drug-likeness (QED) is 0.880. The summed E-state index contributed by atoms with van der Waals surface area (Å²) in [6, 6.07) is 14.2. The van der Waals surface area contributed by atoms with Gasteiger partial charge in [0, 0.05) is 23.4 Å². The number of benzene rings is 2. The van der Waals surface area contributed by atoms with Crippen LogP contribution in [0.1, 0.15) is 30.9 Å². The molecular weight excluding hydrogens is 270 g/mol. The summed E-state index contributed by atoms with van der Waals surface area (Å²) in [5.41, 5.74) is 4.19. The molecule has 20 heavy (non-hydrogen) atoms. The Labute approximate surface area is 125 Å². The minimum Gasteiger partial charge on any atom is -0.392 e. The number of hydrogen-bond acceptors (Lipinski definition) is 2. The largest absolute Gasteiger partial charge is 0.392 e. The lowest BCUT2D eigenvalue weighted by Crippen LogP contribution is -2.10. The number of hydrogen-bond donors (Lipinski definition) is 1. The van der Waals surface area contributed by atoms with Gasteiger partial charge in [-0.15, -0.1) is 0 Å². The molecule has 0 fully saturated rings. The molecule has 2 aromatic carbocycles. The fourth-order valence-corrected chi connectivity index (χ4v) is 2.30. The molecule has 0 radical (unpaired) electrons. The fraction of sp³-hybridized carbons (Fsp3) is 0.294. The Morgan fingerprint density at radius 2 is 1.65 bits per heavy atom. The van der Waals surface area contributed by atoms with E-state index < -0.39 is 0 Å². The number of halogens is 1. The van der Waals surface area contributed by atoms with Gasteiger partial charge in [-0.05, 0) is 47.4 Å². The van der Waals surface area contributed by atoms with Gasteiger partial charge in [-0.25, -0.2) is 0 Å². The van der Waals surface area contributed by atoms with Crippen molar-refractivity contribution in [3.63, 3.8) is 0 Å². The molecule has 1 N–H and O–H groups in total. The van der Waals surface area contributed by atoms with E-state index in [9.17, 15) is 5.11 Å². The van der Waals surface area contributed by atoms with E-state index in [0.29, 0.717) is 10.9 Å². The molecule has 0 unspecified atom stereocenters. The smallest absolute Gasteiger partial charge is 0.0697 e. The van der Waals surface area contributed by atoms with Crippen LogP contribution in [0.15, 0.2) is 42.5 Å². The molecule has 2 nitrogen and oxygen atoms in total. The van der Waals surface area contributed by atoms with Crippen molar-refractivity contribution in [3.8, 4) is 0 Å². The lowest BCUT2D eigenvalue weighted by atomic mass is 10.0. The van der Waals surface area contributed by atoms with Crippen molar-refractivity contribution < 1.29 is 5.11 Å². The Morgan fingerprint density at radius 1 is 1.05 bits per heavy atom. The van der Waals surface area contributed by atoms with Gasteiger partial charge in [0.1, 0.15) is 0 Å². The summed E-state index contributed by atoms with van der Waals surface area (Å²) in [4.78, 5) is 2.08. The van der Waals surface area contributed by atoms with Gasteiger partial charge >= 0.3 is 0 Å². The van der Waals surface area contributed by atoms with E-state index in [1.54, 1.807) is 0 Å². The minimum absolute atomic E-state index is 0.0488. The van der Waals surface area contributed by atoms with Crippen LogP contribution in [0.25, 0.3) is 0 Å². The van der Waals surface area contributed by atoms with E-state index >= 15 is 0 Å². The third kappa shape index (κ3) is 3.14. The van der Waals surface area contributed by atoms with Gasteiger partial charge in [-0.1, -0.05) is 37.6 Å². The molecule has 2 rings (SSSR count). The molecule has 0 amide bonds. The molecule has 2 aromatic rings. The predicted molar refractivity (Wildman–Crippen MR) is 86.0 cm³/mol. The van der Waals surface area contributed by atoms with Crippen LogP contribution < -0.4 is 4.90 Å². The zero-order valence-corrected chi connectivity index (χ0v) is 12.9. The number of anilines is 2. The maximum absolute atomic E-state index is 9.29. The summed E-state index contributed by atoms with van der Waals surface area (Å²) in [6.45, 7) is 4.32. The highest BCUT2D eigenvalue weighted by atomic mass is 35.5. The summed E-state index contributed by atoms with van der Waals surface area (Å²) < 4.78 is 0. The van der Waals surface area contributed by atoms with Gasteiger partial charge < -0.3 is 10.0 Å². The summed E-state index contributed by atoms with van der Waals surface area (Å²) in [7, 11) is 2.01. The van der Waals surface area contributed by atoms with Crippen LogP contribution in [0, 0.1) is 0 Å². The van der Waals surface area contributed by atoms with E-state index in [0.717, 1.165) is 16.9 Å². The van der Waals surface area contributed by atoms with Gasteiger partial charge in [-0.2, -0.15) is 0 Å². The SMILES string of the molecule is CC(C)c1ccc(N(C)c2ccc(Cl)c(CO)c2)cc1. The molecule has 0 aromatic heterocycles. The Balaban J connectivity index is 2.28. The average Bonchev–Trinajstić information content (AvgIpc) is 2.47. The first kappa shape index (κ1) is 14.9. The number of aliphatic hydroxyl groups excluding tert-OH is 1. The van der Waals surface area contributed by atoms with Crippen LogP contribution in [-0.2, 0) is 6.61 Å². The van der Waals surface area contributed by atoms with Gasteiger partial charge in [0.25, 0.3) is 0 Å². The van der Waals surface area contributed by atoms with Crippen LogP contribution in [0.3, 0.4) is 0 Å². The summed E-state index contributed by atoms with van der Waals surface area (Å²) >= 11 is 6.02. The Hall–Kier alpha value is -1.51. The minimum atomic E-state index is -0.0488. The highest BCUT2D eigenvalue weighted by Crippen LogP contribution is 2.28. The van der Waals surface area contributed by atoms with E-state index in [-0.39, 0.29) is 6.61 Å². The van der Waals surface area contributed by atoms with E-state index in [1.165, 1.54) is 5.56 Å². The van der Waals surface area contributed by atoms with Crippen molar-refractivity contribution in [2.24, 2.45) is 0 Å². The summed E-state index contributed by atoms with van der Waals surface area (Å²) in [5.74, 6) is 0.533. The maximum atomic E-state index is 9.29. The van der Waals surface area contributed by atoms with E-state index in [4.69, 9.17) is 11.6 Å². The van der Waals surface area contributed by atoms with Crippen molar-refractivity contribution in [2.45, 2.75) is 26.4 Å². The molecule has 0 aliphatic heterocycles. The molecule has 0 aliphatic carbocycles. The van der Waals surface area contributed by atoms with Gasteiger partial charge in [0.05, 0.1) is 6.61 Å². The predicted octanol–water partition coefficient (Wildman–Crippen LogP) is 4.72. The second-order valence-corrected chi connectivity index (χ2v) is 5.65. The average molecular weight is 290 g/mol. The lowest BCUT2D eigenvalue weighted by molar-refractivity contribution is 0.282. The monoisotopic (exact) mass is 289 g/mol.